The van der Waals surface area contributed by atoms with Gasteiger partial charge in [-0.2, -0.15) is 0 Å². The first-order valence-corrected chi connectivity index (χ1v) is 5.86. The Labute approximate surface area is 105 Å². The minimum Gasteiger partial charge on any atom is -0.389 e. The number of anilines is 1. The van der Waals surface area contributed by atoms with Gasteiger partial charge in [0.2, 0.25) is 0 Å². The fraction of sp³-hybridized carbons (Fsp3) is 0.417. The summed E-state index contributed by atoms with van der Waals surface area (Å²) < 4.78 is 27.1. The third-order valence-electron chi connectivity index (χ3n) is 2.38. The Morgan fingerprint density at radius 3 is 2.53 bits per heavy atom. The molecule has 5 heteroatoms. The summed E-state index contributed by atoms with van der Waals surface area (Å²) in [6.07, 6.45) is 0.887. The third kappa shape index (κ3) is 3.63. The van der Waals surface area contributed by atoms with Gasteiger partial charge in [0, 0.05) is 12.1 Å². The van der Waals surface area contributed by atoms with Gasteiger partial charge in [0.05, 0.1) is 5.69 Å². The molecule has 1 rings (SSSR count). The van der Waals surface area contributed by atoms with Crippen molar-refractivity contribution in [1.82, 2.24) is 0 Å². The first kappa shape index (κ1) is 13.8. The lowest BCUT2D eigenvalue weighted by Crippen LogP contribution is -2.14. The van der Waals surface area contributed by atoms with Gasteiger partial charge in [0.1, 0.15) is 4.99 Å². The zero-order valence-corrected chi connectivity index (χ0v) is 10.7. The number of hydrogen-bond acceptors (Lipinski definition) is 2. The highest BCUT2D eigenvalue weighted by Gasteiger charge is 2.14. The Balaban J connectivity index is 2.82. The van der Waals surface area contributed by atoms with Crippen LogP contribution in [0.4, 0.5) is 14.5 Å². The second kappa shape index (κ2) is 5.91. The van der Waals surface area contributed by atoms with E-state index in [1.807, 2.05) is 0 Å². The highest BCUT2D eigenvalue weighted by Crippen LogP contribution is 2.20. The van der Waals surface area contributed by atoms with Crippen molar-refractivity contribution in [2.24, 2.45) is 11.7 Å². The molecule has 2 nitrogen and oxygen atoms in total. The first-order valence-electron chi connectivity index (χ1n) is 5.45. The molecule has 0 atom stereocenters. The van der Waals surface area contributed by atoms with Crippen molar-refractivity contribution in [3.8, 4) is 0 Å². The molecule has 1 aromatic rings. The molecule has 0 aromatic heterocycles. The van der Waals surface area contributed by atoms with Crippen LogP contribution in [0.25, 0.3) is 0 Å². The van der Waals surface area contributed by atoms with Crippen LogP contribution in [0.15, 0.2) is 12.1 Å². The molecule has 0 radical (unpaired) electrons. The Kier molecular flexibility index (Phi) is 4.81. The van der Waals surface area contributed by atoms with Crippen LogP contribution in [-0.4, -0.2) is 11.5 Å². The summed E-state index contributed by atoms with van der Waals surface area (Å²) in [4.78, 5) is -0.143. The summed E-state index contributed by atoms with van der Waals surface area (Å²) in [6.45, 7) is 4.73. The van der Waals surface area contributed by atoms with Crippen molar-refractivity contribution in [2.45, 2.75) is 20.3 Å². The summed E-state index contributed by atoms with van der Waals surface area (Å²) in [7, 11) is 0. The zero-order chi connectivity index (χ0) is 13.0. The van der Waals surface area contributed by atoms with Crippen LogP contribution in [-0.2, 0) is 0 Å². The van der Waals surface area contributed by atoms with Gasteiger partial charge in [-0.05, 0) is 24.5 Å². The second-order valence-corrected chi connectivity index (χ2v) is 4.70. The molecule has 0 unspecified atom stereocenters. The van der Waals surface area contributed by atoms with Crippen molar-refractivity contribution in [2.75, 3.05) is 11.9 Å². The van der Waals surface area contributed by atoms with Gasteiger partial charge in [0.25, 0.3) is 0 Å². The van der Waals surface area contributed by atoms with E-state index in [9.17, 15) is 8.78 Å². The van der Waals surface area contributed by atoms with Gasteiger partial charge in [-0.3, -0.25) is 0 Å². The van der Waals surface area contributed by atoms with E-state index < -0.39 is 11.6 Å². The summed E-state index contributed by atoms with van der Waals surface area (Å²) in [5.41, 5.74) is 5.36. The van der Waals surface area contributed by atoms with Crippen molar-refractivity contribution in [1.29, 1.82) is 0 Å². The minimum absolute atomic E-state index is 0.0630. The number of nitrogens with two attached hydrogens (primary N) is 1. The summed E-state index contributed by atoms with van der Waals surface area (Å²) >= 11 is 4.62. The molecule has 0 aliphatic heterocycles. The predicted molar refractivity (Wildman–Crippen MR) is 70.2 cm³/mol. The maximum absolute atomic E-state index is 13.6. The molecule has 0 spiro atoms. The monoisotopic (exact) mass is 258 g/mol. The minimum atomic E-state index is -0.993. The Hall–Kier alpha value is -1.23. The summed E-state index contributed by atoms with van der Waals surface area (Å²) in [6, 6.07) is 2.84. The number of thiocarbonyl (C=S) groups is 1. The van der Waals surface area contributed by atoms with Gasteiger partial charge >= 0.3 is 0 Å². The molecule has 0 amide bonds. The van der Waals surface area contributed by atoms with Crippen LogP contribution in [0.2, 0.25) is 0 Å². The number of nitrogens with one attached hydrogen (secondary N) is 1. The van der Waals surface area contributed by atoms with Crippen LogP contribution in [0.1, 0.15) is 25.8 Å². The maximum atomic E-state index is 13.6. The molecule has 0 heterocycles. The largest absolute Gasteiger partial charge is 0.389 e. The third-order valence-corrected chi connectivity index (χ3v) is 2.60. The van der Waals surface area contributed by atoms with Crippen LogP contribution in [0.3, 0.4) is 0 Å². The standard InChI is InChI=1S/C12H16F2N2S/c1-7(2)5-6-16-9-4-3-8(12(15)17)10(13)11(9)14/h3-4,7,16H,5-6H2,1-2H3,(H2,15,17). The Morgan fingerprint density at radius 1 is 1.35 bits per heavy atom. The van der Waals surface area contributed by atoms with E-state index in [2.05, 4.69) is 31.4 Å². The Morgan fingerprint density at radius 2 is 2.00 bits per heavy atom. The highest BCUT2D eigenvalue weighted by molar-refractivity contribution is 7.80. The van der Waals surface area contributed by atoms with Crippen LogP contribution in [0.5, 0.6) is 0 Å². The van der Waals surface area contributed by atoms with Crippen LogP contribution in [0, 0.1) is 17.6 Å². The van der Waals surface area contributed by atoms with Gasteiger partial charge in [-0.25, -0.2) is 8.78 Å². The molecular weight excluding hydrogens is 242 g/mol. The molecule has 3 N–H and O–H groups in total. The fourth-order valence-electron chi connectivity index (χ4n) is 1.37. The molecule has 0 aliphatic rings. The fourth-order valence-corrected chi connectivity index (χ4v) is 1.53. The summed E-state index contributed by atoms with van der Waals surface area (Å²) in [5.74, 6) is -1.42. The van der Waals surface area contributed by atoms with Crippen molar-refractivity contribution in [3.63, 3.8) is 0 Å². The molecule has 17 heavy (non-hydrogen) atoms. The molecule has 0 bridgehead atoms. The quantitative estimate of drug-likeness (QED) is 0.797. The zero-order valence-electron chi connectivity index (χ0n) is 9.89. The molecule has 0 aliphatic carbocycles. The van der Waals surface area contributed by atoms with Crippen LogP contribution >= 0.6 is 12.2 Å². The highest BCUT2D eigenvalue weighted by atomic mass is 32.1. The van der Waals surface area contributed by atoms with Crippen molar-refractivity contribution >= 4 is 22.9 Å². The number of hydrogen-bond donors (Lipinski definition) is 2. The second-order valence-electron chi connectivity index (χ2n) is 4.26. The normalized spacial score (nSPS) is 10.6. The van der Waals surface area contributed by atoms with Gasteiger partial charge < -0.3 is 11.1 Å². The van der Waals surface area contributed by atoms with E-state index in [-0.39, 0.29) is 16.2 Å². The van der Waals surface area contributed by atoms with E-state index in [1.165, 1.54) is 12.1 Å². The summed E-state index contributed by atoms with van der Waals surface area (Å²) in [5, 5.41) is 2.85. The average Bonchev–Trinajstić information content (AvgIpc) is 2.23. The van der Waals surface area contributed by atoms with Gasteiger partial charge in [0.15, 0.2) is 11.6 Å². The lowest BCUT2D eigenvalue weighted by atomic mass is 10.1. The topological polar surface area (TPSA) is 38.0 Å². The van der Waals surface area contributed by atoms with E-state index in [1.54, 1.807) is 0 Å². The molecule has 0 saturated heterocycles. The SMILES string of the molecule is CC(C)CCNc1ccc(C(N)=S)c(F)c1F. The average molecular weight is 258 g/mol. The molecule has 94 valence electrons. The van der Waals surface area contributed by atoms with Crippen molar-refractivity contribution in [3.05, 3.63) is 29.3 Å². The number of benzene rings is 1. The predicted octanol–water partition coefficient (Wildman–Crippen LogP) is 3.06. The van der Waals surface area contributed by atoms with Gasteiger partial charge in [-0.1, -0.05) is 26.1 Å². The lowest BCUT2D eigenvalue weighted by molar-refractivity contribution is 0.508. The van der Waals surface area contributed by atoms with E-state index in [0.29, 0.717) is 12.5 Å². The van der Waals surface area contributed by atoms with Crippen molar-refractivity contribution < 1.29 is 8.78 Å². The number of rotatable bonds is 5. The van der Waals surface area contributed by atoms with Gasteiger partial charge in [-0.15, -0.1) is 0 Å². The smallest absolute Gasteiger partial charge is 0.182 e. The van der Waals surface area contributed by atoms with E-state index in [0.717, 1.165) is 6.42 Å². The van der Waals surface area contributed by atoms with E-state index >= 15 is 0 Å². The lowest BCUT2D eigenvalue weighted by Gasteiger charge is -2.11. The van der Waals surface area contributed by atoms with E-state index in [4.69, 9.17) is 5.73 Å². The molecular formula is C12H16F2N2S. The maximum Gasteiger partial charge on any atom is 0.182 e. The first-order chi connectivity index (χ1) is 7.93. The van der Waals surface area contributed by atoms with Crippen LogP contribution < -0.4 is 11.1 Å². The molecule has 0 fully saturated rings. The molecule has 0 saturated carbocycles. The molecule has 1 aromatic carbocycles. The Bertz CT molecular complexity index is 419. The number of halogens is 2.